The van der Waals surface area contributed by atoms with Crippen molar-refractivity contribution in [2.24, 2.45) is 0 Å². The van der Waals surface area contributed by atoms with E-state index in [-0.39, 0.29) is 12.1 Å². The van der Waals surface area contributed by atoms with Crippen LogP contribution in [0.5, 0.6) is 6.01 Å². The molecule has 112 valence electrons. The SMILES string of the molecule is CCOc1nc(NC)nc(NC2(CO)CCCCC2)n1. The number of rotatable bonds is 6. The Morgan fingerprint density at radius 3 is 2.45 bits per heavy atom. The number of hydrogen-bond acceptors (Lipinski definition) is 7. The van der Waals surface area contributed by atoms with Gasteiger partial charge in [0.25, 0.3) is 0 Å². The van der Waals surface area contributed by atoms with Crippen molar-refractivity contribution in [3.8, 4) is 6.01 Å². The number of nitrogens with zero attached hydrogens (tertiary/aromatic N) is 3. The molecule has 3 N–H and O–H groups in total. The van der Waals surface area contributed by atoms with Gasteiger partial charge < -0.3 is 20.5 Å². The number of aliphatic hydroxyl groups excluding tert-OH is 1. The maximum Gasteiger partial charge on any atom is 0.323 e. The van der Waals surface area contributed by atoms with Gasteiger partial charge >= 0.3 is 6.01 Å². The fraction of sp³-hybridized carbons (Fsp3) is 0.769. The van der Waals surface area contributed by atoms with Crippen LogP contribution in [-0.2, 0) is 0 Å². The number of ether oxygens (including phenoxy) is 1. The highest BCUT2D eigenvalue weighted by Gasteiger charge is 2.32. The van der Waals surface area contributed by atoms with E-state index in [2.05, 4.69) is 25.6 Å². The second-order valence-corrected chi connectivity index (χ2v) is 5.07. The Morgan fingerprint density at radius 1 is 1.15 bits per heavy atom. The summed E-state index contributed by atoms with van der Waals surface area (Å²) in [5.74, 6) is 0.901. The van der Waals surface area contributed by atoms with Crippen LogP contribution in [0.2, 0.25) is 0 Å². The minimum atomic E-state index is -0.325. The third-order valence-corrected chi connectivity index (χ3v) is 3.60. The smallest absolute Gasteiger partial charge is 0.323 e. The van der Waals surface area contributed by atoms with E-state index in [1.165, 1.54) is 6.42 Å². The van der Waals surface area contributed by atoms with E-state index in [9.17, 15) is 5.11 Å². The van der Waals surface area contributed by atoms with Crippen molar-refractivity contribution in [3.63, 3.8) is 0 Å². The van der Waals surface area contributed by atoms with Crippen LogP contribution in [-0.4, -0.2) is 45.9 Å². The molecular formula is C13H23N5O2. The predicted octanol–water partition coefficient (Wildman–Crippen LogP) is 1.42. The van der Waals surface area contributed by atoms with Crippen LogP contribution in [0.25, 0.3) is 0 Å². The maximum absolute atomic E-state index is 9.72. The van der Waals surface area contributed by atoms with E-state index in [1.54, 1.807) is 7.05 Å². The lowest BCUT2D eigenvalue weighted by Gasteiger charge is -2.36. The van der Waals surface area contributed by atoms with Gasteiger partial charge in [0.1, 0.15) is 0 Å². The molecule has 2 rings (SSSR count). The van der Waals surface area contributed by atoms with Crippen LogP contribution in [0, 0.1) is 0 Å². The number of aliphatic hydroxyl groups is 1. The monoisotopic (exact) mass is 281 g/mol. The van der Waals surface area contributed by atoms with Gasteiger partial charge in [-0.05, 0) is 19.8 Å². The summed E-state index contributed by atoms with van der Waals surface area (Å²) < 4.78 is 5.34. The van der Waals surface area contributed by atoms with Gasteiger partial charge in [0.05, 0.1) is 18.8 Å². The Balaban J connectivity index is 2.19. The average Bonchev–Trinajstić information content (AvgIpc) is 2.48. The zero-order valence-electron chi connectivity index (χ0n) is 12.1. The van der Waals surface area contributed by atoms with E-state index < -0.39 is 0 Å². The molecule has 0 saturated heterocycles. The molecule has 0 radical (unpaired) electrons. The van der Waals surface area contributed by atoms with E-state index in [4.69, 9.17) is 4.74 Å². The Morgan fingerprint density at radius 2 is 1.85 bits per heavy atom. The Hall–Kier alpha value is -1.63. The largest absolute Gasteiger partial charge is 0.464 e. The molecule has 0 spiro atoms. The van der Waals surface area contributed by atoms with Crippen molar-refractivity contribution in [2.45, 2.75) is 44.6 Å². The lowest BCUT2D eigenvalue weighted by Crippen LogP contribution is -2.44. The first kappa shape index (κ1) is 14.8. The summed E-state index contributed by atoms with van der Waals surface area (Å²) in [5.41, 5.74) is -0.325. The molecule has 0 unspecified atom stereocenters. The Bertz CT molecular complexity index is 435. The summed E-state index contributed by atoms with van der Waals surface area (Å²) >= 11 is 0. The molecule has 0 bridgehead atoms. The third kappa shape index (κ3) is 3.47. The van der Waals surface area contributed by atoms with Gasteiger partial charge in [-0.3, -0.25) is 0 Å². The van der Waals surface area contributed by atoms with Crippen molar-refractivity contribution in [1.29, 1.82) is 0 Å². The highest BCUT2D eigenvalue weighted by atomic mass is 16.5. The van der Waals surface area contributed by atoms with Crippen molar-refractivity contribution >= 4 is 11.9 Å². The van der Waals surface area contributed by atoms with Crippen molar-refractivity contribution < 1.29 is 9.84 Å². The molecule has 1 fully saturated rings. The Labute approximate surface area is 119 Å². The van der Waals surface area contributed by atoms with Crippen LogP contribution in [0.1, 0.15) is 39.0 Å². The summed E-state index contributed by atoms with van der Waals surface area (Å²) in [6, 6.07) is 0.290. The fourth-order valence-corrected chi connectivity index (χ4v) is 2.51. The van der Waals surface area contributed by atoms with Gasteiger partial charge in [-0.15, -0.1) is 0 Å². The molecule has 7 nitrogen and oxygen atoms in total. The number of anilines is 2. The first-order chi connectivity index (χ1) is 9.71. The lowest BCUT2D eigenvalue weighted by atomic mass is 9.82. The average molecular weight is 281 g/mol. The zero-order chi connectivity index (χ0) is 14.4. The van der Waals surface area contributed by atoms with Gasteiger partial charge in [-0.2, -0.15) is 15.0 Å². The standard InChI is InChI=1S/C13H23N5O2/c1-3-20-12-16-10(14-2)15-11(17-12)18-13(9-19)7-5-4-6-8-13/h19H,3-9H2,1-2H3,(H2,14,15,16,17,18). The number of nitrogens with one attached hydrogen (secondary N) is 2. The third-order valence-electron chi connectivity index (χ3n) is 3.60. The topological polar surface area (TPSA) is 92.2 Å². The van der Waals surface area contributed by atoms with E-state index in [0.29, 0.717) is 24.5 Å². The quantitative estimate of drug-likeness (QED) is 0.726. The second kappa shape index (κ2) is 6.69. The molecule has 1 aromatic heterocycles. The normalized spacial score (nSPS) is 17.6. The maximum atomic E-state index is 9.72. The summed E-state index contributed by atoms with van der Waals surface area (Å²) in [5, 5.41) is 15.9. The summed E-state index contributed by atoms with van der Waals surface area (Å²) in [6.07, 6.45) is 5.28. The molecule has 0 atom stereocenters. The van der Waals surface area contributed by atoms with E-state index in [1.807, 2.05) is 6.92 Å². The molecule has 1 saturated carbocycles. The minimum Gasteiger partial charge on any atom is -0.464 e. The van der Waals surface area contributed by atoms with E-state index in [0.717, 1.165) is 25.7 Å². The molecule has 1 aliphatic carbocycles. The molecule has 0 amide bonds. The number of hydrogen-bond donors (Lipinski definition) is 3. The number of aromatic nitrogens is 3. The molecule has 0 aromatic carbocycles. The second-order valence-electron chi connectivity index (χ2n) is 5.07. The molecule has 0 aliphatic heterocycles. The van der Waals surface area contributed by atoms with Crippen LogP contribution in [0.3, 0.4) is 0 Å². The van der Waals surface area contributed by atoms with Gasteiger partial charge in [-0.1, -0.05) is 19.3 Å². The summed E-state index contributed by atoms with van der Waals surface area (Å²) in [4.78, 5) is 12.7. The van der Waals surface area contributed by atoms with E-state index >= 15 is 0 Å². The van der Waals surface area contributed by atoms with Crippen LogP contribution in [0.4, 0.5) is 11.9 Å². The highest BCUT2D eigenvalue weighted by molar-refractivity contribution is 5.38. The van der Waals surface area contributed by atoms with Crippen LogP contribution >= 0.6 is 0 Å². The van der Waals surface area contributed by atoms with Gasteiger partial charge in [-0.25, -0.2) is 0 Å². The van der Waals surface area contributed by atoms with Crippen molar-refractivity contribution in [2.75, 3.05) is 30.9 Å². The lowest BCUT2D eigenvalue weighted by molar-refractivity contribution is 0.172. The summed E-state index contributed by atoms with van der Waals surface area (Å²) in [7, 11) is 1.75. The molecule has 1 aromatic rings. The van der Waals surface area contributed by atoms with Gasteiger partial charge in [0.2, 0.25) is 11.9 Å². The minimum absolute atomic E-state index is 0.0809. The molecule has 1 aliphatic rings. The molecular weight excluding hydrogens is 258 g/mol. The first-order valence-electron chi connectivity index (χ1n) is 7.17. The van der Waals surface area contributed by atoms with Crippen LogP contribution in [0.15, 0.2) is 0 Å². The highest BCUT2D eigenvalue weighted by Crippen LogP contribution is 2.30. The summed E-state index contributed by atoms with van der Waals surface area (Å²) in [6.45, 7) is 2.46. The first-order valence-corrected chi connectivity index (χ1v) is 7.17. The van der Waals surface area contributed by atoms with Gasteiger partial charge in [0.15, 0.2) is 0 Å². The van der Waals surface area contributed by atoms with Gasteiger partial charge in [0, 0.05) is 7.05 Å². The predicted molar refractivity (Wildman–Crippen MR) is 77.1 cm³/mol. The van der Waals surface area contributed by atoms with Crippen molar-refractivity contribution in [3.05, 3.63) is 0 Å². The van der Waals surface area contributed by atoms with Crippen molar-refractivity contribution in [1.82, 2.24) is 15.0 Å². The molecule has 20 heavy (non-hydrogen) atoms. The fourth-order valence-electron chi connectivity index (χ4n) is 2.51. The molecule has 7 heteroatoms. The van der Waals surface area contributed by atoms with Crippen LogP contribution < -0.4 is 15.4 Å². The molecule has 1 heterocycles. The Kier molecular flexibility index (Phi) is 4.94. The zero-order valence-corrected chi connectivity index (χ0v) is 12.1.